The van der Waals surface area contributed by atoms with Crippen LogP contribution in [0.15, 0.2) is 218 Å². The first-order valence-electron chi connectivity index (χ1n) is 17.5. The molecule has 0 unspecified atom stereocenters. The molecule has 0 N–H and O–H groups in total. The van der Waals surface area contributed by atoms with E-state index in [4.69, 9.17) is 0 Å². The van der Waals surface area contributed by atoms with Gasteiger partial charge in [-0.15, -0.1) is 0 Å². The number of ketones is 3. The van der Waals surface area contributed by atoms with Crippen LogP contribution in [0.5, 0.6) is 0 Å². The standard InChI is InChI=1S/3C17H14O.2Pd/c3*18-17(13-11-15-7-3-1-4-8-15)14-12-16-9-5-2-6-10-16;;/h3*1-14H;;/q;;;2*+2/b3*13-11+,14-12+;;. The number of carbonyl (C=O) groups excluding carboxylic acids is 3. The van der Waals surface area contributed by atoms with E-state index >= 15 is 0 Å². The summed E-state index contributed by atoms with van der Waals surface area (Å²) in [6, 6.07) is 58.7. The topological polar surface area (TPSA) is 51.2 Å². The van der Waals surface area contributed by atoms with E-state index in [1.54, 1.807) is 36.5 Å². The summed E-state index contributed by atoms with van der Waals surface area (Å²) in [6.07, 6.45) is 20.4. The summed E-state index contributed by atoms with van der Waals surface area (Å²) in [5.41, 5.74) is 6.16. The Morgan fingerprint density at radius 3 is 0.482 bits per heavy atom. The van der Waals surface area contributed by atoms with E-state index in [0.29, 0.717) is 0 Å². The van der Waals surface area contributed by atoms with Crippen LogP contribution in [0, 0.1) is 0 Å². The zero-order valence-electron chi connectivity index (χ0n) is 30.6. The largest absolute Gasteiger partial charge is 2.00 e. The van der Waals surface area contributed by atoms with Gasteiger partial charge in [-0.2, -0.15) is 0 Å². The molecule has 56 heavy (non-hydrogen) atoms. The number of allylic oxidation sites excluding steroid dienone is 6. The van der Waals surface area contributed by atoms with Crippen LogP contribution in [0.2, 0.25) is 0 Å². The summed E-state index contributed by atoms with van der Waals surface area (Å²) < 4.78 is 0. The summed E-state index contributed by atoms with van der Waals surface area (Å²) >= 11 is 0. The summed E-state index contributed by atoms with van der Waals surface area (Å²) in [4.78, 5) is 34.8. The Balaban J connectivity index is 0.000000285. The van der Waals surface area contributed by atoms with Crippen LogP contribution in [0.25, 0.3) is 36.5 Å². The maximum atomic E-state index is 11.6. The first-order chi connectivity index (χ1) is 26.5. The molecule has 6 rings (SSSR count). The maximum Gasteiger partial charge on any atom is 2.00 e. The fraction of sp³-hybridized carbons (Fsp3) is 0. The predicted molar refractivity (Wildman–Crippen MR) is 228 cm³/mol. The van der Waals surface area contributed by atoms with E-state index in [9.17, 15) is 14.4 Å². The van der Waals surface area contributed by atoms with E-state index in [0.717, 1.165) is 33.4 Å². The Labute approximate surface area is 358 Å². The molecular weight excluding hydrogens is 873 g/mol. The first-order valence-corrected chi connectivity index (χ1v) is 17.5. The van der Waals surface area contributed by atoms with Crippen molar-refractivity contribution in [3.05, 3.63) is 252 Å². The second-order valence-electron chi connectivity index (χ2n) is 11.7. The van der Waals surface area contributed by atoms with Crippen LogP contribution in [-0.2, 0) is 55.2 Å². The summed E-state index contributed by atoms with van der Waals surface area (Å²) in [5, 5.41) is 0. The molecule has 0 radical (unpaired) electrons. The van der Waals surface area contributed by atoms with E-state index in [1.165, 1.54) is 0 Å². The van der Waals surface area contributed by atoms with Crippen molar-refractivity contribution in [1.82, 2.24) is 0 Å². The molecular formula is C51H42O3Pd2+4. The minimum atomic E-state index is -0.0114. The minimum absolute atomic E-state index is 0. The third kappa shape index (κ3) is 20.5. The molecule has 0 aliphatic rings. The van der Waals surface area contributed by atoms with Crippen molar-refractivity contribution in [1.29, 1.82) is 0 Å². The Morgan fingerprint density at radius 2 is 0.357 bits per heavy atom. The third-order valence-corrected chi connectivity index (χ3v) is 7.44. The molecule has 0 bridgehead atoms. The van der Waals surface area contributed by atoms with E-state index in [1.807, 2.05) is 218 Å². The Morgan fingerprint density at radius 1 is 0.232 bits per heavy atom. The Bertz CT molecular complexity index is 1760. The molecule has 0 saturated carbocycles. The molecule has 0 spiro atoms. The average molecular weight is 916 g/mol. The Kier molecular flexibility index (Phi) is 23.6. The van der Waals surface area contributed by atoms with Crippen molar-refractivity contribution in [2.45, 2.75) is 0 Å². The maximum absolute atomic E-state index is 11.6. The smallest absolute Gasteiger partial charge is 0.290 e. The number of rotatable bonds is 12. The molecule has 5 heteroatoms. The molecule has 0 aliphatic heterocycles. The van der Waals surface area contributed by atoms with Gasteiger partial charge >= 0.3 is 40.8 Å². The molecule has 0 aliphatic carbocycles. The molecule has 6 aromatic carbocycles. The van der Waals surface area contributed by atoms with Gasteiger partial charge in [0.1, 0.15) is 0 Å². The van der Waals surface area contributed by atoms with Crippen LogP contribution in [0.4, 0.5) is 0 Å². The molecule has 0 amide bonds. The van der Waals surface area contributed by atoms with Gasteiger partial charge in [0.2, 0.25) is 0 Å². The van der Waals surface area contributed by atoms with Gasteiger partial charge in [-0.05, 0) is 69.8 Å². The van der Waals surface area contributed by atoms with Crippen molar-refractivity contribution in [3.8, 4) is 0 Å². The van der Waals surface area contributed by atoms with Gasteiger partial charge in [0.05, 0.1) is 0 Å². The third-order valence-electron chi connectivity index (χ3n) is 7.44. The zero-order chi connectivity index (χ0) is 37.9. The van der Waals surface area contributed by atoms with Gasteiger partial charge < -0.3 is 0 Å². The van der Waals surface area contributed by atoms with Crippen LogP contribution in [-0.4, -0.2) is 17.3 Å². The van der Waals surface area contributed by atoms with E-state index in [2.05, 4.69) is 0 Å². The summed E-state index contributed by atoms with van der Waals surface area (Å²) in [7, 11) is 0. The number of hydrogen-bond acceptors (Lipinski definition) is 3. The number of carbonyl (C=O) groups is 3. The second-order valence-corrected chi connectivity index (χ2v) is 11.7. The first kappa shape index (κ1) is 46.2. The van der Waals surface area contributed by atoms with Crippen molar-refractivity contribution in [2.24, 2.45) is 0 Å². The zero-order valence-corrected chi connectivity index (χ0v) is 33.7. The summed E-state index contributed by atoms with van der Waals surface area (Å²) in [5.74, 6) is -0.0341. The molecule has 0 heterocycles. The second kappa shape index (κ2) is 28.5. The molecule has 6 aromatic rings. The van der Waals surface area contributed by atoms with Crippen LogP contribution in [0.3, 0.4) is 0 Å². The van der Waals surface area contributed by atoms with Crippen molar-refractivity contribution in [3.63, 3.8) is 0 Å². The molecule has 0 fully saturated rings. The van der Waals surface area contributed by atoms with Gasteiger partial charge in [-0.25, -0.2) is 0 Å². The molecule has 0 aromatic heterocycles. The van der Waals surface area contributed by atoms with E-state index < -0.39 is 0 Å². The molecule has 3 nitrogen and oxygen atoms in total. The minimum Gasteiger partial charge on any atom is -0.290 e. The number of hydrogen-bond donors (Lipinski definition) is 0. The normalized spacial score (nSPS) is 10.7. The van der Waals surface area contributed by atoms with Crippen molar-refractivity contribution < 1.29 is 55.2 Å². The SMILES string of the molecule is O=C(/C=C/c1ccccc1)/C=C/c1ccccc1.O=C(/C=C/c1ccccc1)/C=C/c1ccccc1.O=C(/C=C/c1ccccc1)/C=C/c1ccccc1.[Pd+2].[Pd+2]. The van der Waals surface area contributed by atoms with Gasteiger partial charge in [-0.3, -0.25) is 14.4 Å². The van der Waals surface area contributed by atoms with Crippen LogP contribution < -0.4 is 0 Å². The Hall–Kier alpha value is -5.91. The summed E-state index contributed by atoms with van der Waals surface area (Å²) in [6.45, 7) is 0. The predicted octanol–water partition coefficient (Wildman–Crippen LogP) is 11.9. The van der Waals surface area contributed by atoms with Gasteiger partial charge in [0.25, 0.3) is 0 Å². The van der Waals surface area contributed by atoms with Crippen LogP contribution in [0.1, 0.15) is 33.4 Å². The van der Waals surface area contributed by atoms with Gasteiger partial charge in [0, 0.05) is 0 Å². The quantitative estimate of drug-likeness (QED) is 0.0908. The van der Waals surface area contributed by atoms with Crippen molar-refractivity contribution >= 4 is 53.8 Å². The fourth-order valence-electron chi connectivity index (χ4n) is 4.62. The molecule has 280 valence electrons. The average Bonchev–Trinajstić information content (AvgIpc) is 3.24. The van der Waals surface area contributed by atoms with Crippen molar-refractivity contribution in [2.75, 3.05) is 0 Å². The monoisotopic (exact) mass is 914 g/mol. The van der Waals surface area contributed by atoms with Gasteiger partial charge in [-0.1, -0.05) is 218 Å². The van der Waals surface area contributed by atoms with Gasteiger partial charge in [0.15, 0.2) is 17.3 Å². The molecule has 0 saturated heterocycles. The van der Waals surface area contributed by atoms with Crippen LogP contribution >= 0.6 is 0 Å². The molecule has 0 atom stereocenters. The fourth-order valence-corrected chi connectivity index (χ4v) is 4.62. The van der Waals surface area contributed by atoms with E-state index in [-0.39, 0.29) is 58.2 Å². The number of benzene rings is 6.